The van der Waals surface area contributed by atoms with Gasteiger partial charge < -0.3 is 14.8 Å². The van der Waals surface area contributed by atoms with Gasteiger partial charge in [0.05, 0.1) is 6.10 Å². The first-order chi connectivity index (χ1) is 9.81. The average Bonchev–Trinajstić information content (AvgIpc) is 2.50. The minimum atomic E-state index is -0.200. The first-order valence-corrected chi connectivity index (χ1v) is 7.38. The van der Waals surface area contributed by atoms with Crippen molar-refractivity contribution < 1.29 is 13.9 Å². The summed E-state index contributed by atoms with van der Waals surface area (Å²) in [6.45, 7) is 3.42. The van der Waals surface area contributed by atoms with Crippen LogP contribution in [0.2, 0.25) is 0 Å². The van der Waals surface area contributed by atoms with Crippen molar-refractivity contribution in [1.82, 2.24) is 5.32 Å². The molecule has 2 rings (SSSR count). The summed E-state index contributed by atoms with van der Waals surface area (Å²) in [4.78, 5) is 0. The van der Waals surface area contributed by atoms with Crippen LogP contribution in [-0.2, 0) is 9.47 Å². The van der Waals surface area contributed by atoms with E-state index < -0.39 is 0 Å². The van der Waals surface area contributed by atoms with E-state index in [0.29, 0.717) is 19.1 Å². The minimum absolute atomic E-state index is 0.0419. The lowest BCUT2D eigenvalue weighted by atomic mass is 9.89. The topological polar surface area (TPSA) is 30.5 Å². The summed E-state index contributed by atoms with van der Waals surface area (Å²) >= 11 is 0. The van der Waals surface area contributed by atoms with Crippen LogP contribution in [0.4, 0.5) is 4.39 Å². The molecule has 0 spiro atoms. The lowest BCUT2D eigenvalue weighted by molar-refractivity contribution is -0.00505. The number of hydrogen-bond donors (Lipinski definition) is 1. The molecule has 0 aromatic heterocycles. The van der Waals surface area contributed by atoms with Gasteiger partial charge >= 0.3 is 0 Å². The molecule has 1 aliphatic rings. The van der Waals surface area contributed by atoms with E-state index in [4.69, 9.17) is 9.47 Å². The van der Waals surface area contributed by atoms with Crippen LogP contribution < -0.4 is 5.32 Å². The van der Waals surface area contributed by atoms with Crippen molar-refractivity contribution in [2.75, 3.05) is 33.4 Å². The third kappa shape index (κ3) is 4.54. The fourth-order valence-corrected chi connectivity index (χ4v) is 2.71. The fraction of sp³-hybridized carbons (Fsp3) is 0.625. The van der Waals surface area contributed by atoms with E-state index >= 15 is 0 Å². The van der Waals surface area contributed by atoms with Crippen LogP contribution in [0, 0.1) is 11.7 Å². The minimum Gasteiger partial charge on any atom is -0.385 e. The van der Waals surface area contributed by atoms with Gasteiger partial charge in [-0.3, -0.25) is 0 Å². The maximum atomic E-state index is 13.1. The van der Waals surface area contributed by atoms with E-state index in [1.165, 1.54) is 18.6 Å². The molecule has 1 unspecified atom stereocenters. The van der Waals surface area contributed by atoms with Crippen LogP contribution in [0.3, 0.4) is 0 Å². The molecule has 20 heavy (non-hydrogen) atoms. The summed E-state index contributed by atoms with van der Waals surface area (Å²) in [5, 5.41) is 3.42. The Bertz CT molecular complexity index is 377. The molecule has 1 saturated heterocycles. The zero-order chi connectivity index (χ0) is 14.2. The van der Waals surface area contributed by atoms with E-state index in [-0.39, 0.29) is 11.9 Å². The molecule has 1 aromatic rings. The fourth-order valence-electron chi connectivity index (χ4n) is 2.71. The number of piperidine rings is 1. The van der Waals surface area contributed by atoms with Gasteiger partial charge in [0.1, 0.15) is 5.82 Å². The molecule has 1 N–H and O–H groups in total. The largest absolute Gasteiger partial charge is 0.385 e. The van der Waals surface area contributed by atoms with Gasteiger partial charge in [-0.15, -0.1) is 0 Å². The van der Waals surface area contributed by atoms with Crippen molar-refractivity contribution in [3.63, 3.8) is 0 Å². The number of methoxy groups -OCH3 is 1. The van der Waals surface area contributed by atoms with Crippen LogP contribution in [0.5, 0.6) is 0 Å². The van der Waals surface area contributed by atoms with Crippen molar-refractivity contribution in [2.24, 2.45) is 5.92 Å². The third-order valence-electron chi connectivity index (χ3n) is 3.75. The summed E-state index contributed by atoms with van der Waals surface area (Å²) in [5.74, 6) is 0.255. The first kappa shape index (κ1) is 15.4. The summed E-state index contributed by atoms with van der Waals surface area (Å²) in [6, 6.07) is 6.70. The second kappa shape index (κ2) is 8.35. The Morgan fingerprint density at radius 2 is 2.10 bits per heavy atom. The number of halogens is 1. The van der Waals surface area contributed by atoms with Crippen LogP contribution in [0.25, 0.3) is 0 Å². The maximum absolute atomic E-state index is 13.1. The monoisotopic (exact) mass is 281 g/mol. The Hall–Kier alpha value is -0.970. The Balaban J connectivity index is 2.00. The first-order valence-electron chi connectivity index (χ1n) is 7.38. The molecule has 4 heteroatoms. The van der Waals surface area contributed by atoms with Crippen molar-refractivity contribution >= 4 is 0 Å². The normalized spacial score (nSPS) is 20.8. The quantitative estimate of drug-likeness (QED) is 0.780. The van der Waals surface area contributed by atoms with Gasteiger partial charge in [-0.2, -0.15) is 0 Å². The van der Waals surface area contributed by atoms with Crippen molar-refractivity contribution in [3.05, 3.63) is 35.6 Å². The molecule has 0 aliphatic carbocycles. The Morgan fingerprint density at radius 1 is 1.30 bits per heavy atom. The molecule has 1 aromatic carbocycles. The highest BCUT2D eigenvalue weighted by Crippen LogP contribution is 2.31. The SMILES string of the molecule is COCCCOC(c1ccc(F)cc1)[C@@H]1CCCNC1. The average molecular weight is 281 g/mol. The molecule has 0 amide bonds. The van der Waals surface area contributed by atoms with Crippen LogP contribution in [0.1, 0.15) is 30.9 Å². The number of ether oxygens (including phenoxy) is 2. The van der Waals surface area contributed by atoms with Gasteiger partial charge in [0, 0.05) is 32.8 Å². The molecule has 2 atom stereocenters. The molecule has 1 heterocycles. The third-order valence-corrected chi connectivity index (χ3v) is 3.75. The van der Waals surface area contributed by atoms with E-state index in [2.05, 4.69) is 5.32 Å². The van der Waals surface area contributed by atoms with Crippen LogP contribution in [-0.4, -0.2) is 33.4 Å². The molecular weight excluding hydrogens is 257 g/mol. The van der Waals surface area contributed by atoms with Gasteiger partial charge in [0.15, 0.2) is 0 Å². The van der Waals surface area contributed by atoms with Gasteiger partial charge in [-0.1, -0.05) is 12.1 Å². The molecule has 3 nitrogen and oxygen atoms in total. The zero-order valence-corrected chi connectivity index (χ0v) is 12.1. The molecule has 1 aliphatic heterocycles. The Morgan fingerprint density at radius 3 is 2.75 bits per heavy atom. The lowest BCUT2D eigenvalue weighted by Crippen LogP contribution is -2.34. The van der Waals surface area contributed by atoms with E-state index in [9.17, 15) is 4.39 Å². The zero-order valence-electron chi connectivity index (χ0n) is 12.1. The van der Waals surface area contributed by atoms with E-state index in [0.717, 1.165) is 31.5 Å². The maximum Gasteiger partial charge on any atom is 0.123 e. The highest BCUT2D eigenvalue weighted by Gasteiger charge is 2.25. The van der Waals surface area contributed by atoms with Crippen molar-refractivity contribution in [1.29, 1.82) is 0 Å². The molecule has 0 bridgehead atoms. The van der Waals surface area contributed by atoms with E-state index in [1.54, 1.807) is 7.11 Å². The van der Waals surface area contributed by atoms with Gasteiger partial charge in [0.25, 0.3) is 0 Å². The molecule has 0 saturated carbocycles. The van der Waals surface area contributed by atoms with Crippen LogP contribution >= 0.6 is 0 Å². The summed E-state index contributed by atoms with van der Waals surface area (Å²) in [6.07, 6.45) is 3.25. The predicted molar refractivity (Wildman–Crippen MR) is 77.2 cm³/mol. The van der Waals surface area contributed by atoms with Gasteiger partial charge in [0.2, 0.25) is 0 Å². The second-order valence-electron chi connectivity index (χ2n) is 5.30. The van der Waals surface area contributed by atoms with Crippen LogP contribution in [0.15, 0.2) is 24.3 Å². The van der Waals surface area contributed by atoms with E-state index in [1.807, 2.05) is 12.1 Å². The Kier molecular flexibility index (Phi) is 6.43. The molecular formula is C16H24FNO2. The molecule has 1 fully saturated rings. The highest BCUT2D eigenvalue weighted by molar-refractivity contribution is 5.19. The van der Waals surface area contributed by atoms with Gasteiger partial charge in [-0.25, -0.2) is 4.39 Å². The molecule has 112 valence electrons. The smallest absolute Gasteiger partial charge is 0.123 e. The standard InChI is InChI=1S/C16H24FNO2/c1-19-10-3-11-20-16(14-4-2-9-18-12-14)13-5-7-15(17)8-6-13/h5-8,14,16,18H,2-4,9-12H2,1H3/t14-,16?/m1/s1. The van der Waals surface area contributed by atoms with Crippen molar-refractivity contribution in [3.8, 4) is 0 Å². The van der Waals surface area contributed by atoms with Crippen molar-refractivity contribution in [2.45, 2.75) is 25.4 Å². The lowest BCUT2D eigenvalue weighted by Gasteiger charge is -2.31. The number of benzene rings is 1. The predicted octanol–water partition coefficient (Wildman–Crippen LogP) is 2.92. The summed E-state index contributed by atoms with van der Waals surface area (Å²) in [5.41, 5.74) is 1.07. The number of rotatable bonds is 7. The Labute approximate surface area is 120 Å². The summed E-state index contributed by atoms with van der Waals surface area (Å²) in [7, 11) is 1.70. The summed E-state index contributed by atoms with van der Waals surface area (Å²) < 4.78 is 24.2. The second-order valence-corrected chi connectivity index (χ2v) is 5.30. The van der Waals surface area contributed by atoms with Gasteiger partial charge in [-0.05, 0) is 43.5 Å². The molecule has 0 radical (unpaired) electrons. The number of hydrogen-bond acceptors (Lipinski definition) is 3. The highest BCUT2D eigenvalue weighted by atomic mass is 19.1. The number of nitrogens with one attached hydrogen (secondary N) is 1.